The van der Waals surface area contributed by atoms with E-state index in [-0.39, 0.29) is 30.0 Å². The van der Waals surface area contributed by atoms with Crippen LogP contribution in [0, 0.1) is 12.7 Å². The van der Waals surface area contributed by atoms with E-state index in [1.807, 2.05) is 11.8 Å². The van der Waals surface area contributed by atoms with E-state index in [1.165, 1.54) is 12.1 Å². The molecule has 1 aliphatic rings. The van der Waals surface area contributed by atoms with E-state index in [9.17, 15) is 9.18 Å². The zero-order chi connectivity index (χ0) is 18.8. The van der Waals surface area contributed by atoms with E-state index in [0.717, 1.165) is 18.5 Å². The first-order valence-corrected chi connectivity index (χ1v) is 8.92. The summed E-state index contributed by atoms with van der Waals surface area (Å²) in [4.78, 5) is 23.3. The molecule has 3 heterocycles. The average Bonchev–Trinajstić information content (AvgIpc) is 3.19. The van der Waals surface area contributed by atoms with Gasteiger partial charge in [-0.3, -0.25) is 9.78 Å². The quantitative estimate of drug-likeness (QED) is 0.661. The number of pyridine rings is 1. The number of likely N-dealkylation sites (tertiary alicyclic amines) is 1. The summed E-state index contributed by atoms with van der Waals surface area (Å²) in [5.74, 6) is 0.589. The summed E-state index contributed by atoms with van der Waals surface area (Å²) in [6.45, 7) is 3.06. The van der Waals surface area contributed by atoms with Crippen molar-refractivity contribution in [2.24, 2.45) is 0 Å². The van der Waals surface area contributed by atoms with Crippen molar-refractivity contribution in [1.82, 2.24) is 20.0 Å². The van der Waals surface area contributed by atoms with Crippen molar-refractivity contribution in [1.29, 1.82) is 0 Å². The Labute approximate surface area is 168 Å². The number of hydrogen-bond donors (Lipinski definition) is 0. The molecule has 8 heteroatoms. The number of hydrogen-bond acceptors (Lipinski definition) is 5. The molecule has 4 rings (SSSR count). The molecule has 0 radical (unpaired) electrons. The fourth-order valence-electron chi connectivity index (χ4n) is 3.36. The van der Waals surface area contributed by atoms with Crippen molar-refractivity contribution in [2.45, 2.75) is 25.7 Å². The number of aryl methyl sites for hydroxylation is 1. The maximum atomic E-state index is 13.1. The minimum atomic E-state index is -0.311. The molecule has 1 atom stereocenters. The van der Waals surface area contributed by atoms with Gasteiger partial charge in [0.1, 0.15) is 5.82 Å². The first kappa shape index (κ1) is 19.9. The van der Waals surface area contributed by atoms with E-state index in [0.29, 0.717) is 35.9 Å². The number of benzene rings is 1. The Hall–Kier alpha value is -2.80. The highest BCUT2D eigenvalue weighted by atomic mass is 35.5. The van der Waals surface area contributed by atoms with Gasteiger partial charge in [0, 0.05) is 30.5 Å². The van der Waals surface area contributed by atoms with Crippen LogP contribution >= 0.6 is 12.4 Å². The predicted octanol–water partition coefficient (Wildman–Crippen LogP) is 4.02. The van der Waals surface area contributed by atoms with Gasteiger partial charge < -0.3 is 9.42 Å². The number of carbonyl (C=O) groups is 1. The van der Waals surface area contributed by atoms with Crippen molar-refractivity contribution in [3.05, 3.63) is 65.6 Å². The highest BCUT2D eigenvalue weighted by molar-refractivity contribution is 5.95. The van der Waals surface area contributed by atoms with Crippen molar-refractivity contribution in [3.63, 3.8) is 0 Å². The minimum Gasteiger partial charge on any atom is -0.339 e. The molecule has 0 unspecified atom stereocenters. The van der Waals surface area contributed by atoms with E-state index in [1.54, 1.807) is 30.5 Å². The largest absolute Gasteiger partial charge is 0.339 e. The second-order valence-electron chi connectivity index (χ2n) is 6.69. The first-order chi connectivity index (χ1) is 13.1. The summed E-state index contributed by atoms with van der Waals surface area (Å²) >= 11 is 0. The maximum Gasteiger partial charge on any atom is 0.255 e. The summed E-state index contributed by atoms with van der Waals surface area (Å²) in [5.41, 5.74) is 2.04. The molecule has 1 amide bonds. The van der Waals surface area contributed by atoms with Crippen molar-refractivity contribution < 1.29 is 13.7 Å². The number of piperidine rings is 1. The second kappa shape index (κ2) is 8.48. The number of rotatable bonds is 3. The summed E-state index contributed by atoms with van der Waals surface area (Å²) < 4.78 is 18.5. The van der Waals surface area contributed by atoms with Crippen molar-refractivity contribution >= 4 is 18.3 Å². The molecular weight excluding hydrogens is 383 g/mol. The Balaban J connectivity index is 0.00000225. The third kappa shape index (κ3) is 4.04. The SMILES string of the molecule is Cc1ncccc1C(=O)N1CCC[C@H](c2nc(-c3ccc(F)cc3)no2)C1.Cl. The predicted molar refractivity (Wildman–Crippen MR) is 104 cm³/mol. The molecule has 0 spiro atoms. The third-order valence-corrected chi connectivity index (χ3v) is 4.84. The van der Waals surface area contributed by atoms with Gasteiger partial charge in [-0.2, -0.15) is 4.98 Å². The lowest BCUT2D eigenvalue weighted by atomic mass is 9.97. The van der Waals surface area contributed by atoms with Crippen LogP contribution in [0.4, 0.5) is 4.39 Å². The zero-order valence-corrected chi connectivity index (χ0v) is 16.2. The van der Waals surface area contributed by atoms with Crippen LogP contribution in [-0.4, -0.2) is 39.0 Å². The number of amides is 1. The topological polar surface area (TPSA) is 72.1 Å². The van der Waals surface area contributed by atoms with Gasteiger partial charge in [0.2, 0.25) is 11.7 Å². The molecule has 1 aromatic carbocycles. The number of carbonyl (C=O) groups excluding carboxylic acids is 1. The van der Waals surface area contributed by atoms with Crippen LogP contribution in [0.1, 0.15) is 40.7 Å². The standard InChI is InChI=1S/C20H19FN4O2.ClH/c1-13-17(5-2-10-22-13)20(26)25-11-3-4-15(12-25)19-23-18(24-27-19)14-6-8-16(21)9-7-14;/h2,5-10,15H,3-4,11-12H2,1H3;1H/t15-;/m0./s1. The molecule has 28 heavy (non-hydrogen) atoms. The molecule has 0 saturated carbocycles. The molecular formula is C20H20ClFN4O2. The lowest BCUT2D eigenvalue weighted by Crippen LogP contribution is -2.39. The number of nitrogens with zero attached hydrogens (tertiary/aromatic N) is 4. The smallest absolute Gasteiger partial charge is 0.255 e. The molecule has 0 aliphatic carbocycles. The Morgan fingerprint density at radius 1 is 1.25 bits per heavy atom. The molecule has 1 fully saturated rings. The van der Waals surface area contributed by atoms with Crippen LogP contribution in [-0.2, 0) is 0 Å². The minimum absolute atomic E-state index is 0. The normalized spacial score (nSPS) is 16.5. The summed E-state index contributed by atoms with van der Waals surface area (Å²) in [5, 5.41) is 4.01. The van der Waals surface area contributed by atoms with Crippen LogP contribution < -0.4 is 0 Å². The highest BCUT2D eigenvalue weighted by Gasteiger charge is 2.29. The van der Waals surface area contributed by atoms with Gasteiger partial charge >= 0.3 is 0 Å². The van der Waals surface area contributed by atoms with Crippen LogP contribution in [0.2, 0.25) is 0 Å². The maximum absolute atomic E-state index is 13.1. The van der Waals surface area contributed by atoms with Crippen LogP contribution in [0.25, 0.3) is 11.4 Å². The van der Waals surface area contributed by atoms with Crippen LogP contribution in [0.3, 0.4) is 0 Å². The second-order valence-corrected chi connectivity index (χ2v) is 6.69. The fourth-order valence-corrected chi connectivity index (χ4v) is 3.36. The van der Waals surface area contributed by atoms with E-state index in [4.69, 9.17) is 4.52 Å². The van der Waals surface area contributed by atoms with Crippen LogP contribution in [0.15, 0.2) is 47.1 Å². The van der Waals surface area contributed by atoms with Gasteiger partial charge in [-0.15, -0.1) is 12.4 Å². The fraction of sp³-hybridized carbons (Fsp3) is 0.300. The lowest BCUT2D eigenvalue weighted by Gasteiger charge is -2.31. The van der Waals surface area contributed by atoms with Gasteiger partial charge in [0.25, 0.3) is 5.91 Å². The molecule has 146 valence electrons. The molecule has 1 aliphatic heterocycles. The van der Waals surface area contributed by atoms with Crippen molar-refractivity contribution in [3.8, 4) is 11.4 Å². The number of aromatic nitrogens is 3. The van der Waals surface area contributed by atoms with Gasteiger partial charge in [0.15, 0.2) is 0 Å². The Kier molecular flexibility index (Phi) is 6.04. The van der Waals surface area contributed by atoms with Gasteiger partial charge in [-0.25, -0.2) is 4.39 Å². The lowest BCUT2D eigenvalue weighted by molar-refractivity contribution is 0.0694. The third-order valence-electron chi connectivity index (χ3n) is 4.84. The summed E-state index contributed by atoms with van der Waals surface area (Å²) in [6, 6.07) is 9.53. The molecule has 2 aromatic heterocycles. The van der Waals surface area contributed by atoms with E-state index >= 15 is 0 Å². The van der Waals surface area contributed by atoms with Gasteiger partial charge in [-0.05, 0) is 56.2 Å². The van der Waals surface area contributed by atoms with Gasteiger partial charge in [-0.1, -0.05) is 5.16 Å². The van der Waals surface area contributed by atoms with E-state index < -0.39 is 0 Å². The molecule has 6 nitrogen and oxygen atoms in total. The molecule has 3 aromatic rings. The molecule has 1 saturated heterocycles. The monoisotopic (exact) mass is 402 g/mol. The first-order valence-electron chi connectivity index (χ1n) is 8.92. The molecule has 0 N–H and O–H groups in total. The van der Waals surface area contributed by atoms with Crippen molar-refractivity contribution in [2.75, 3.05) is 13.1 Å². The van der Waals surface area contributed by atoms with Crippen LogP contribution in [0.5, 0.6) is 0 Å². The Morgan fingerprint density at radius 3 is 2.79 bits per heavy atom. The number of halogens is 2. The van der Waals surface area contributed by atoms with Gasteiger partial charge in [0.05, 0.1) is 11.5 Å². The summed E-state index contributed by atoms with van der Waals surface area (Å²) in [6.07, 6.45) is 3.42. The van der Waals surface area contributed by atoms with E-state index in [2.05, 4.69) is 15.1 Å². The average molecular weight is 403 g/mol. The summed E-state index contributed by atoms with van der Waals surface area (Å²) in [7, 11) is 0. The Morgan fingerprint density at radius 2 is 2.04 bits per heavy atom. The molecule has 0 bridgehead atoms. The Bertz CT molecular complexity index is 961. The zero-order valence-electron chi connectivity index (χ0n) is 15.3. The highest BCUT2D eigenvalue weighted by Crippen LogP contribution is 2.28.